The molecule has 106 valence electrons. The number of nitrogens with one attached hydrogen (secondary N) is 1. The Morgan fingerprint density at radius 1 is 1.42 bits per heavy atom. The molecular weight excluding hydrogens is 241 g/mol. The summed E-state index contributed by atoms with van der Waals surface area (Å²) in [6.45, 7) is 5.24. The Labute approximate surface area is 115 Å². The highest BCUT2D eigenvalue weighted by molar-refractivity contribution is 5.30. The summed E-state index contributed by atoms with van der Waals surface area (Å²) in [6.07, 6.45) is 5.13. The summed E-state index contributed by atoms with van der Waals surface area (Å²) in [5.74, 6) is 0.373. The molecule has 1 fully saturated rings. The van der Waals surface area contributed by atoms with Crippen LogP contribution >= 0.6 is 0 Å². The van der Waals surface area contributed by atoms with Crippen LogP contribution in [0, 0.1) is 11.2 Å². The van der Waals surface area contributed by atoms with Gasteiger partial charge >= 0.3 is 0 Å². The molecule has 1 aromatic carbocycles. The van der Waals surface area contributed by atoms with Crippen LogP contribution in [0.5, 0.6) is 5.75 Å². The van der Waals surface area contributed by atoms with Crippen molar-refractivity contribution in [2.75, 3.05) is 13.7 Å². The van der Waals surface area contributed by atoms with Gasteiger partial charge in [0.15, 0.2) is 0 Å². The van der Waals surface area contributed by atoms with Gasteiger partial charge in [-0.05, 0) is 37.7 Å². The van der Waals surface area contributed by atoms with Crippen LogP contribution in [0.1, 0.15) is 51.1 Å². The predicted octanol–water partition coefficient (Wildman–Crippen LogP) is 4.07. The van der Waals surface area contributed by atoms with Crippen molar-refractivity contribution in [1.82, 2.24) is 5.32 Å². The molecule has 1 aliphatic rings. The van der Waals surface area contributed by atoms with Crippen LogP contribution in [-0.2, 0) is 0 Å². The van der Waals surface area contributed by atoms with E-state index in [1.807, 2.05) is 19.1 Å². The van der Waals surface area contributed by atoms with Crippen LogP contribution < -0.4 is 10.1 Å². The third-order valence-electron chi connectivity index (χ3n) is 4.19. The largest absolute Gasteiger partial charge is 0.497 e. The average molecular weight is 265 g/mol. The van der Waals surface area contributed by atoms with Crippen molar-refractivity contribution in [1.29, 1.82) is 0 Å². The molecule has 1 unspecified atom stereocenters. The van der Waals surface area contributed by atoms with E-state index >= 15 is 0 Å². The smallest absolute Gasteiger partial charge is 0.131 e. The number of ether oxygens (including phenoxy) is 1. The Morgan fingerprint density at radius 3 is 2.68 bits per heavy atom. The zero-order chi connectivity index (χ0) is 13.9. The molecule has 0 heterocycles. The SMILES string of the molecule is CCCC1(CNC(C)c2ccc(OC)cc2F)CC1. The summed E-state index contributed by atoms with van der Waals surface area (Å²) in [7, 11) is 1.55. The topological polar surface area (TPSA) is 21.3 Å². The van der Waals surface area contributed by atoms with Crippen molar-refractivity contribution >= 4 is 0 Å². The van der Waals surface area contributed by atoms with Gasteiger partial charge in [-0.3, -0.25) is 0 Å². The third kappa shape index (κ3) is 3.47. The molecule has 0 bridgehead atoms. The second kappa shape index (κ2) is 5.91. The lowest BCUT2D eigenvalue weighted by atomic mass is 9.99. The molecular formula is C16H24FNO. The lowest BCUT2D eigenvalue weighted by Gasteiger charge is -2.20. The number of halogens is 1. The van der Waals surface area contributed by atoms with Gasteiger partial charge in [0.25, 0.3) is 0 Å². The van der Waals surface area contributed by atoms with Crippen LogP contribution in [0.4, 0.5) is 4.39 Å². The maximum atomic E-state index is 14.0. The van der Waals surface area contributed by atoms with E-state index in [1.165, 1.54) is 31.7 Å². The van der Waals surface area contributed by atoms with Crippen LogP contribution in [0.3, 0.4) is 0 Å². The Kier molecular flexibility index (Phi) is 4.46. The maximum Gasteiger partial charge on any atom is 0.131 e. The van der Waals surface area contributed by atoms with Crippen molar-refractivity contribution in [2.45, 2.75) is 45.6 Å². The number of hydrogen-bond acceptors (Lipinski definition) is 2. The predicted molar refractivity (Wildman–Crippen MR) is 75.9 cm³/mol. The van der Waals surface area contributed by atoms with Crippen LogP contribution in [0.2, 0.25) is 0 Å². The highest BCUT2D eigenvalue weighted by Crippen LogP contribution is 2.49. The van der Waals surface area contributed by atoms with E-state index in [1.54, 1.807) is 7.11 Å². The van der Waals surface area contributed by atoms with Crippen molar-refractivity contribution in [3.8, 4) is 5.75 Å². The maximum absolute atomic E-state index is 14.0. The van der Waals surface area contributed by atoms with E-state index < -0.39 is 0 Å². The first-order valence-corrected chi connectivity index (χ1v) is 7.17. The van der Waals surface area contributed by atoms with Gasteiger partial charge in [0.2, 0.25) is 0 Å². The molecule has 0 spiro atoms. The average Bonchev–Trinajstić information content (AvgIpc) is 3.16. The molecule has 2 nitrogen and oxygen atoms in total. The minimum Gasteiger partial charge on any atom is -0.497 e. The third-order valence-corrected chi connectivity index (χ3v) is 4.19. The summed E-state index contributed by atoms with van der Waals surface area (Å²) < 4.78 is 19.0. The zero-order valence-corrected chi connectivity index (χ0v) is 12.1. The number of hydrogen-bond donors (Lipinski definition) is 1. The lowest BCUT2D eigenvalue weighted by molar-refractivity contribution is 0.389. The van der Waals surface area contributed by atoms with E-state index in [2.05, 4.69) is 12.2 Å². The normalized spacial score (nSPS) is 18.1. The van der Waals surface area contributed by atoms with Gasteiger partial charge in [0.05, 0.1) is 7.11 Å². The van der Waals surface area contributed by atoms with E-state index in [0.717, 1.165) is 6.54 Å². The van der Waals surface area contributed by atoms with Crippen molar-refractivity contribution in [3.63, 3.8) is 0 Å². The van der Waals surface area contributed by atoms with Gasteiger partial charge in [-0.1, -0.05) is 19.4 Å². The van der Waals surface area contributed by atoms with Crippen molar-refractivity contribution in [3.05, 3.63) is 29.6 Å². The molecule has 3 heteroatoms. The first kappa shape index (κ1) is 14.3. The van der Waals surface area contributed by atoms with Crippen LogP contribution in [0.25, 0.3) is 0 Å². The van der Waals surface area contributed by atoms with Gasteiger partial charge in [-0.25, -0.2) is 4.39 Å². The molecule has 1 aromatic rings. The molecule has 1 N–H and O–H groups in total. The first-order valence-electron chi connectivity index (χ1n) is 7.17. The number of rotatable bonds is 7. The monoisotopic (exact) mass is 265 g/mol. The molecule has 1 saturated carbocycles. The molecule has 0 aliphatic heterocycles. The lowest BCUT2D eigenvalue weighted by Crippen LogP contribution is -2.27. The second-order valence-corrected chi connectivity index (χ2v) is 5.74. The van der Waals surface area contributed by atoms with Gasteiger partial charge in [0, 0.05) is 24.2 Å². The highest BCUT2D eigenvalue weighted by atomic mass is 19.1. The Bertz CT molecular complexity index is 429. The van der Waals surface area contributed by atoms with Gasteiger partial charge in [0.1, 0.15) is 11.6 Å². The molecule has 0 radical (unpaired) electrons. The van der Waals surface area contributed by atoms with Crippen molar-refractivity contribution in [2.24, 2.45) is 5.41 Å². The summed E-state index contributed by atoms with van der Waals surface area (Å²) in [6, 6.07) is 5.12. The minimum absolute atomic E-state index is 0.0419. The Morgan fingerprint density at radius 2 is 2.16 bits per heavy atom. The van der Waals surface area contributed by atoms with Crippen LogP contribution in [0.15, 0.2) is 18.2 Å². The van der Waals surface area contributed by atoms with Crippen LogP contribution in [-0.4, -0.2) is 13.7 Å². The molecule has 1 atom stereocenters. The molecule has 2 rings (SSSR count). The summed E-state index contributed by atoms with van der Waals surface area (Å²) >= 11 is 0. The van der Waals surface area contributed by atoms with E-state index in [9.17, 15) is 4.39 Å². The van der Waals surface area contributed by atoms with Crippen molar-refractivity contribution < 1.29 is 9.13 Å². The van der Waals surface area contributed by atoms with E-state index in [0.29, 0.717) is 16.7 Å². The quantitative estimate of drug-likeness (QED) is 0.802. The second-order valence-electron chi connectivity index (χ2n) is 5.74. The minimum atomic E-state index is -0.195. The highest BCUT2D eigenvalue weighted by Gasteiger charge is 2.41. The Hall–Kier alpha value is -1.09. The fourth-order valence-corrected chi connectivity index (χ4v) is 2.69. The number of methoxy groups -OCH3 is 1. The zero-order valence-electron chi connectivity index (χ0n) is 12.1. The molecule has 19 heavy (non-hydrogen) atoms. The molecule has 0 amide bonds. The molecule has 1 aliphatic carbocycles. The van der Waals surface area contributed by atoms with Gasteiger partial charge in [-0.15, -0.1) is 0 Å². The van der Waals surface area contributed by atoms with Gasteiger partial charge < -0.3 is 10.1 Å². The Balaban J connectivity index is 1.94. The van der Waals surface area contributed by atoms with E-state index in [-0.39, 0.29) is 11.9 Å². The molecule has 0 aromatic heterocycles. The number of benzene rings is 1. The fraction of sp³-hybridized carbons (Fsp3) is 0.625. The summed E-state index contributed by atoms with van der Waals surface area (Å²) in [4.78, 5) is 0. The van der Waals surface area contributed by atoms with E-state index in [4.69, 9.17) is 4.74 Å². The summed E-state index contributed by atoms with van der Waals surface area (Å²) in [5.41, 5.74) is 1.21. The fourth-order valence-electron chi connectivity index (χ4n) is 2.69. The summed E-state index contributed by atoms with van der Waals surface area (Å²) in [5, 5.41) is 3.48. The first-order chi connectivity index (χ1) is 9.10. The molecule has 0 saturated heterocycles. The standard InChI is InChI=1S/C16H24FNO/c1-4-7-16(8-9-16)11-18-12(2)14-6-5-13(19-3)10-15(14)17/h5-6,10,12,18H,4,7-9,11H2,1-3H3. The van der Waals surface area contributed by atoms with Gasteiger partial charge in [-0.2, -0.15) is 0 Å².